The maximum atomic E-state index is 12.3. The maximum absolute atomic E-state index is 12.3. The third kappa shape index (κ3) is 4.81. The predicted molar refractivity (Wildman–Crippen MR) is 98.1 cm³/mol. The molecular formula is C19H23ClN2O2. The fourth-order valence-corrected chi connectivity index (χ4v) is 2.78. The smallest absolute Gasteiger partial charge is 0.176 e. The largest absolute Gasteiger partial charge is 0.497 e. The molecule has 0 aliphatic heterocycles. The lowest BCUT2D eigenvalue weighted by molar-refractivity contribution is 0.0988. The molecule has 4 nitrogen and oxygen atoms in total. The summed E-state index contributed by atoms with van der Waals surface area (Å²) in [5, 5.41) is 3.97. The molecule has 1 unspecified atom stereocenters. The van der Waals surface area contributed by atoms with Crippen molar-refractivity contribution >= 4 is 17.4 Å². The van der Waals surface area contributed by atoms with E-state index in [9.17, 15) is 4.79 Å². The predicted octanol–water partition coefficient (Wildman–Crippen LogP) is 3.42. The van der Waals surface area contributed by atoms with Crippen LogP contribution in [-0.2, 0) is 0 Å². The molecular weight excluding hydrogens is 324 g/mol. The van der Waals surface area contributed by atoms with E-state index in [1.807, 2.05) is 38.4 Å². The Kier molecular flexibility index (Phi) is 6.79. The molecule has 2 rings (SSSR count). The van der Waals surface area contributed by atoms with Crippen molar-refractivity contribution in [2.24, 2.45) is 0 Å². The third-order valence-corrected chi connectivity index (χ3v) is 4.27. The average Bonchev–Trinajstić information content (AvgIpc) is 2.59. The summed E-state index contributed by atoms with van der Waals surface area (Å²) in [5.41, 5.74) is 1.72. The molecule has 2 aromatic rings. The van der Waals surface area contributed by atoms with Crippen molar-refractivity contribution in [1.29, 1.82) is 0 Å². The van der Waals surface area contributed by atoms with Crippen LogP contribution in [0.1, 0.15) is 22.0 Å². The van der Waals surface area contributed by atoms with Crippen molar-refractivity contribution in [2.75, 3.05) is 34.3 Å². The van der Waals surface area contributed by atoms with Gasteiger partial charge in [0.1, 0.15) is 5.75 Å². The molecule has 0 aromatic heterocycles. The summed E-state index contributed by atoms with van der Waals surface area (Å²) in [6.07, 6.45) is 0. The monoisotopic (exact) mass is 346 g/mol. The molecule has 5 heteroatoms. The molecule has 0 fully saturated rings. The fraction of sp³-hybridized carbons (Fsp3) is 0.316. The molecule has 128 valence electrons. The van der Waals surface area contributed by atoms with E-state index >= 15 is 0 Å². The van der Waals surface area contributed by atoms with Gasteiger partial charge in [0.05, 0.1) is 13.7 Å². The van der Waals surface area contributed by atoms with Crippen molar-refractivity contribution in [3.8, 4) is 5.75 Å². The van der Waals surface area contributed by atoms with Gasteiger partial charge in [0, 0.05) is 23.2 Å². The lowest BCUT2D eigenvalue weighted by Crippen LogP contribution is -2.34. The Hall–Kier alpha value is -1.88. The highest BCUT2D eigenvalue weighted by atomic mass is 35.5. The molecule has 1 atom stereocenters. The zero-order chi connectivity index (χ0) is 17.5. The molecule has 0 spiro atoms. The summed E-state index contributed by atoms with van der Waals surface area (Å²) in [6, 6.07) is 15.0. The molecule has 24 heavy (non-hydrogen) atoms. The number of carbonyl (C=O) groups excluding carboxylic acids is 1. The quantitative estimate of drug-likeness (QED) is 0.744. The Labute approximate surface area is 148 Å². The van der Waals surface area contributed by atoms with E-state index in [0.29, 0.717) is 12.1 Å². The van der Waals surface area contributed by atoms with Gasteiger partial charge in [0.2, 0.25) is 0 Å². The number of benzene rings is 2. The minimum Gasteiger partial charge on any atom is -0.497 e. The molecule has 0 radical (unpaired) electrons. The van der Waals surface area contributed by atoms with Crippen LogP contribution in [0, 0.1) is 0 Å². The molecule has 0 bridgehead atoms. The topological polar surface area (TPSA) is 41.6 Å². The van der Waals surface area contributed by atoms with Crippen LogP contribution < -0.4 is 10.1 Å². The molecule has 0 saturated carbocycles. The Bertz CT molecular complexity index is 671. The number of methoxy groups -OCH3 is 1. The first-order chi connectivity index (χ1) is 11.5. The number of carbonyl (C=O) groups is 1. The van der Waals surface area contributed by atoms with Crippen molar-refractivity contribution in [1.82, 2.24) is 10.2 Å². The van der Waals surface area contributed by atoms with E-state index in [1.165, 1.54) is 0 Å². The van der Waals surface area contributed by atoms with Crippen LogP contribution in [-0.4, -0.2) is 45.0 Å². The van der Waals surface area contributed by atoms with Gasteiger partial charge >= 0.3 is 0 Å². The molecule has 0 aliphatic rings. The zero-order valence-corrected chi connectivity index (χ0v) is 15.0. The number of likely N-dealkylation sites (N-methyl/N-ethyl adjacent to an activating group) is 1. The average molecular weight is 347 g/mol. The van der Waals surface area contributed by atoms with Gasteiger partial charge in [0.15, 0.2) is 5.78 Å². The third-order valence-electron chi connectivity index (χ3n) is 3.92. The number of Topliss-reactive ketones (excluding diaryl/α,β-unsaturated/α-hetero) is 1. The van der Waals surface area contributed by atoms with Gasteiger partial charge in [-0.15, -0.1) is 0 Å². The van der Waals surface area contributed by atoms with Crippen LogP contribution in [0.2, 0.25) is 5.02 Å². The van der Waals surface area contributed by atoms with Crippen molar-refractivity contribution in [2.45, 2.75) is 6.04 Å². The summed E-state index contributed by atoms with van der Waals surface area (Å²) >= 11 is 6.30. The van der Waals surface area contributed by atoms with E-state index in [1.54, 1.807) is 31.4 Å². The highest BCUT2D eigenvalue weighted by Crippen LogP contribution is 2.25. The normalized spacial score (nSPS) is 12.2. The molecule has 1 N–H and O–H groups in total. The standard InChI is InChI=1S/C19H23ClN2O2/c1-22(2)18(16-6-4-5-7-17(16)20)12-21-13-19(23)14-8-10-15(24-3)11-9-14/h4-11,18,21H,12-13H2,1-3H3. The van der Waals surface area contributed by atoms with Crippen LogP contribution in [0.3, 0.4) is 0 Å². The number of nitrogens with zero attached hydrogens (tertiary/aromatic N) is 1. The summed E-state index contributed by atoms with van der Waals surface area (Å²) in [4.78, 5) is 14.3. The van der Waals surface area contributed by atoms with Crippen LogP contribution in [0.5, 0.6) is 5.75 Å². The van der Waals surface area contributed by atoms with Gasteiger partial charge in [-0.25, -0.2) is 0 Å². The molecule has 0 aliphatic carbocycles. The lowest BCUT2D eigenvalue weighted by Gasteiger charge is -2.26. The van der Waals surface area contributed by atoms with Crippen molar-refractivity contribution < 1.29 is 9.53 Å². The van der Waals surface area contributed by atoms with E-state index in [4.69, 9.17) is 16.3 Å². The van der Waals surface area contributed by atoms with Gasteiger partial charge in [-0.1, -0.05) is 29.8 Å². The fourth-order valence-electron chi connectivity index (χ4n) is 2.52. The first kappa shape index (κ1) is 18.5. The van der Waals surface area contributed by atoms with Crippen molar-refractivity contribution in [3.63, 3.8) is 0 Å². The summed E-state index contributed by atoms with van der Waals surface area (Å²) in [7, 11) is 5.61. The number of halogens is 1. The van der Waals surface area contributed by atoms with E-state index in [-0.39, 0.29) is 18.4 Å². The SMILES string of the molecule is COc1ccc(C(=O)CNCC(c2ccccc2Cl)N(C)C)cc1. The number of hydrogen-bond donors (Lipinski definition) is 1. The second-order valence-electron chi connectivity index (χ2n) is 5.78. The summed E-state index contributed by atoms with van der Waals surface area (Å²) < 4.78 is 5.10. The lowest BCUT2D eigenvalue weighted by atomic mass is 10.1. The summed E-state index contributed by atoms with van der Waals surface area (Å²) in [6.45, 7) is 0.916. The van der Waals surface area contributed by atoms with E-state index < -0.39 is 0 Å². The summed E-state index contributed by atoms with van der Waals surface area (Å²) in [5.74, 6) is 0.792. The van der Waals surface area contributed by atoms with E-state index in [0.717, 1.165) is 16.3 Å². The minimum atomic E-state index is 0.0503. The first-order valence-electron chi connectivity index (χ1n) is 7.81. The first-order valence-corrected chi connectivity index (χ1v) is 8.19. The van der Waals surface area contributed by atoms with Gasteiger partial charge < -0.3 is 15.0 Å². The number of ketones is 1. The van der Waals surface area contributed by atoms with Gasteiger partial charge in [-0.2, -0.15) is 0 Å². The van der Waals surface area contributed by atoms with Crippen LogP contribution >= 0.6 is 11.6 Å². The molecule has 0 amide bonds. The van der Waals surface area contributed by atoms with Gasteiger partial charge in [0.25, 0.3) is 0 Å². The Morgan fingerprint density at radius 2 is 1.83 bits per heavy atom. The number of ether oxygens (including phenoxy) is 1. The Morgan fingerprint density at radius 3 is 2.42 bits per heavy atom. The minimum absolute atomic E-state index is 0.0503. The second-order valence-corrected chi connectivity index (χ2v) is 6.19. The second kappa shape index (κ2) is 8.83. The molecule has 0 heterocycles. The zero-order valence-electron chi connectivity index (χ0n) is 14.3. The number of nitrogens with one attached hydrogen (secondary N) is 1. The number of rotatable bonds is 8. The molecule has 2 aromatic carbocycles. The van der Waals surface area contributed by atoms with Gasteiger partial charge in [-0.05, 0) is 50.0 Å². The number of hydrogen-bond acceptors (Lipinski definition) is 4. The highest BCUT2D eigenvalue weighted by Gasteiger charge is 2.17. The van der Waals surface area contributed by atoms with Crippen LogP contribution in [0.4, 0.5) is 0 Å². The maximum Gasteiger partial charge on any atom is 0.176 e. The Morgan fingerprint density at radius 1 is 1.17 bits per heavy atom. The Balaban J connectivity index is 1.95. The highest BCUT2D eigenvalue weighted by molar-refractivity contribution is 6.31. The van der Waals surface area contributed by atoms with Gasteiger partial charge in [-0.3, -0.25) is 4.79 Å². The van der Waals surface area contributed by atoms with Crippen LogP contribution in [0.15, 0.2) is 48.5 Å². The van der Waals surface area contributed by atoms with E-state index in [2.05, 4.69) is 10.2 Å². The van der Waals surface area contributed by atoms with Crippen LogP contribution in [0.25, 0.3) is 0 Å². The molecule has 0 saturated heterocycles. The van der Waals surface area contributed by atoms with Crippen molar-refractivity contribution in [3.05, 3.63) is 64.7 Å².